The quantitative estimate of drug-likeness (QED) is 0.835. The second kappa shape index (κ2) is 7.31. The second-order valence-electron chi connectivity index (χ2n) is 3.88. The predicted molar refractivity (Wildman–Crippen MR) is 84.3 cm³/mol. The molecule has 2 aromatic rings. The molecule has 0 radical (unpaired) electrons. The lowest BCUT2D eigenvalue weighted by Crippen LogP contribution is -2.14. The SMILES string of the molecule is COc1cccc(NC(=O)CSc2ccc(Br)cn2)c1. The molecule has 1 heterocycles. The van der Waals surface area contributed by atoms with Gasteiger partial charge in [-0.15, -0.1) is 0 Å². The largest absolute Gasteiger partial charge is 0.497 e. The molecular formula is C14H13BrN2O2S. The summed E-state index contributed by atoms with van der Waals surface area (Å²) in [6.45, 7) is 0. The summed E-state index contributed by atoms with van der Waals surface area (Å²) >= 11 is 4.71. The number of halogens is 1. The van der Waals surface area contributed by atoms with Crippen LogP contribution in [0.1, 0.15) is 0 Å². The summed E-state index contributed by atoms with van der Waals surface area (Å²) < 4.78 is 6.03. The Bertz CT molecular complexity index is 590. The Labute approximate surface area is 130 Å². The van der Waals surface area contributed by atoms with Gasteiger partial charge in [0.05, 0.1) is 17.9 Å². The van der Waals surface area contributed by atoms with E-state index in [9.17, 15) is 4.79 Å². The zero-order valence-electron chi connectivity index (χ0n) is 10.8. The minimum atomic E-state index is -0.0760. The van der Waals surface area contributed by atoms with Gasteiger partial charge in [0.2, 0.25) is 5.91 Å². The van der Waals surface area contributed by atoms with E-state index in [4.69, 9.17) is 4.74 Å². The lowest BCUT2D eigenvalue weighted by Gasteiger charge is -2.06. The molecule has 0 saturated carbocycles. The predicted octanol–water partition coefficient (Wildman–Crippen LogP) is 3.58. The van der Waals surface area contributed by atoms with Gasteiger partial charge in [0.15, 0.2) is 0 Å². The van der Waals surface area contributed by atoms with E-state index in [1.165, 1.54) is 11.8 Å². The number of anilines is 1. The van der Waals surface area contributed by atoms with E-state index in [1.54, 1.807) is 19.4 Å². The van der Waals surface area contributed by atoms with Gasteiger partial charge in [-0.2, -0.15) is 0 Å². The van der Waals surface area contributed by atoms with Gasteiger partial charge >= 0.3 is 0 Å². The number of carbonyl (C=O) groups is 1. The summed E-state index contributed by atoms with van der Waals surface area (Å²) in [5.74, 6) is 0.948. The van der Waals surface area contributed by atoms with Gasteiger partial charge < -0.3 is 10.1 Å². The molecule has 1 aromatic heterocycles. The van der Waals surface area contributed by atoms with Crippen molar-refractivity contribution in [3.8, 4) is 5.75 Å². The van der Waals surface area contributed by atoms with Crippen molar-refractivity contribution in [3.63, 3.8) is 0 Å². The maximum atomic E-state index is 11.8. The van der Waals surface area contributed by atoms with E-state index in [1.807, 2.05) is 30.3 Å². The molecule has 0 fully saturated rings. The first-order chi connectivity index (χ1) is 9.67. The number of methoxy groups -OCH3 is 1. The van der Waals surface area contributed by atoms with Crippen molar-refractivity contribution in [2.45, 2.75) is 5.03 Å². The number of pyridine rings is 1. The number of nitrogens with one attached hydrogen (secondary N) is 1. The van der Waals surface area contributed by atoms with Crippen LogP contribution >= 0.6 is 27.7 Å². The van der Waals surface area contributed by atoms with Crippen LogP contribution < -0.4 is 10.1 Å². The Balaban J connectivity index is 1.87. The van der Waals surface area contributed by atoms with E-state index in [0.29, 0.717) is 11.5 Å². The number of rotatable bonds is 5. The van der Waals surface area contributed by atoms with Gasteiger partial charge in [0, 0.05) is 22.4 Å². The van der Waals surface area contributed by atoms with Crippen LogP contribution in [-0.4, -0.2) is 23.8 Å². The van der Waals surface area contributed by atoms with Gasteiger partial charge in [-0.1, -0.05) is 17.8 Å². The van der Waals surface area contributed by atoms with E-state index in [-0.39, 0.29) is 5.91 Å². The number of aromatic nitrogens is 1. The summed E-state index contributed by atoms with van der Waals surface area (Å²) in [6.07, 6.45) is 1.71. The van der Waals surface area contributed by atoms with Crippen LogP contribution in [0.15, 0.2) is 52.1 Å². The van der Waals surface area contributed by atoms with Crippen LogP contribution in [0, 0.1) is 0 Å². The highest BCUT2D eigenvalue weighted by Gasteiger charge is 2.05. The Morgan fingerprint density at radius 3 is 2.95 bits per heavy atom. The van der Waals surface area contributed by atoms with Crippen LogP contribution in [0.5, 0.6) is 5.75 Å². The summed E-state index contributed by atoms with van der Waals surface area (Å²) in [4.78, 5) is 16.0. The maximum absolute atomic E-state index is 11.8. The fourth-order valence-electron chi connectivity index (χ4n) is 1.49. The molecule has 0 saturated heterocycles. The topological polar surface area (TPSA) is 51.2 Å². The van der Waals surface area contributed by atoms with Gasteiger partial charge in [-0.3, -0.25) is 4.79 Å². The molecule has 6 heteroatoms. The van der Waals surface area contributed by atoms with Crippen molar-refractivity contribution in [1.29, 1.82) is 0 Å². The third-order valence-corrected chi connectivity index (χ3v) is 3.82. The fourth-order valence-corrected chi connectivity index (χ4v) is 2.36. The van der Waals surface area contributed by atoms with Gasteiger partial charge in [0.1, 0.15) is 5.75 Å². The van der Waals surface area contributed by atoms with Crippen molar-refractivity contribution in [2.75, 3.05) is 18.2 Å². The first kappa shape index (κ1) is 14.9. The Morgan fingerprint density at radius 2 is 2.25 bits per heavy atom. The number of nitrogens with zero attached hydrogens (tertiary/aromatic N) is 1. The maximum Gasteiger partial charge on any atom is 0.234 e. The Morgan fingerprint density at radius 1 is 1.40 bits per heavy atom. The van der Waals surface area contributed by atoms with Crippen LogP contribution in [0.3, 0.4) is 0 Å². The summed E-state index contributed by atoms with van der Waals surface area (Å²) in [6, 6.07) is 11.0. The van der Waals surface area contributed by atoms with Gasteiger partial charge in [-0.25, -0.2) is 4.98 Å². The fraction of sp³-hybridized carbons (Fsp3) is 0.143. The molecule has 0 unspecified atom stereocenters. The molecule has 2 rings (SSSR count). The average molecular weight is 353 g/mol. The zero-order valence-corrected chi connectivity index (χ0v) is 13.2. The zero-order chi connectivity index (χ0) is 14.4. The summed E-state index contributed by atoms with van der Waals surface area (Å²) in [7, 11) is 1.59. The third kappa shape index (κ3) is 4.54. The van der Waals surface area contributed by atoms with Crippen molar-refractivity contribution in [2.24, 2.45) is 0 Å². The second-order valence-corrected chi connectivity index (χ2v) is 5.79. The Kier molecular flexibility index (Phi) is 5.43. The lowest BCUT2D eigenvalue weighted by molar-refractivity contribution is -0.113. The van der Waals surface area contributed by atoms with Gasteiger partial charge in [0.25, 0.3) is 0 Å². The third-order valence-electron chi connectivity index (χ3n) is 2.40. The summed E-state index contributed by atoms with van der Waals surface area (Å²) in [5, 5.41) is 3.64. The molecule has 0 atom stereocenters. The molecule has 20 heavy (non-hydrogen) atoms. The van der Waals surface area contributed by atoms with Gasteiger partial charge in [-0.05, 0) is 40.2 Å². The molecule has 0 aliphatic carbocycles. The average Bonchev–Trinajstić information content (AvgIpc) is 2.47. The van der Waals surface area contributed by atoms with Crippen LogP contribution in [0.2, 0.25) is 0 Å². The summed E-state index contributed by atoms with van der Waals surface area (Å²) in [5.41, 5.74) is 0.721. The Hall–Kier alpha value is -1.53. The van der Waals surface area contributed by atoms with Crippen LogP contribution in [-0.2, 0) is 4.79 Å². The molecular weight excluding hydrogens is 340 g/mol. The first-order valence-corrected chi connectivity index (χ1v) is 7.63. The first-order valence-electron chi connectivity index (χ1n) is 5.85. The molecule has 0 bridgehead atoms. The smallest absolute Gasteiger partial charge is 0.234 e. The highest BCUT2D eigenvalue weighted by molar-refractivity contribution is 9.10. The standard InChI is InChI=1S/C14H13BrN2O2S/c1-19-12-4-2-3-11(7-12)17-13(18)9-20-14-6-5-10(15)8-16-14/h2-8H,9H2,1H3,(H,17,18). The molecule has 1 aromatic carbocycles. The molecule has 0 aliphatic heterocycles. The van der Waals surface area contributed by atoms with Crippen molar-refractivity contribution < 1.29 is 9.53 Å². The van der Waals surface area contributed by atoms with Crippen molar-refractivity contribution >= 4 is 39.3 Å². The lowest BCUT2D eigenvalue weighted by atomic mass is 10.3. The van der Waals surface area contributed by atoms with E-state index in [2.05, 4.69) is 26.2 Å². The van der Waals surface area contributed by atoms with Crippen molar-refractivity contribution in [1.82, 2.24) is 4.98 Å². The van der Waals surface area contributed by atoms with E-state index in [0.717, 1.165) is 15.2 Å². The molecule has 1 N–H and O–H groups in total. The van der Waals surface area contributed by atoms with Crippen molar-refractivity contribution in [3.05, 3.63) is 47.1 Å². The number of carbonyl (C=O) groups excluding carboxylic acids is 1. The van der Waals surface area contributed by atoms with E-state index >= 15 is 0 Å². The normalized spacial score (nSPS) is 10.1. The molecule has 0 aliphatic rings. The molecule has 4 nitrogen and oxygen atoms in total. The molecule has 1 amide bonds. The minimum Gasteiger partial charge on any atom is -0.497 e. The van der Waals surface area contributed by atoms with Crippen LogP contribution in [0.25, 0.3) is 0 Å². The highest BCUT2D eigenvalue weighted by atomic mass is 79.9. The number of benzene rings is 1. The molecule has 0 spiro atoms. The highest BCUT2D eigenvalue weighted by Crippen LogP contribution is 2.19. The minimum absolute atomic E-state index is 0.0760. The number of thioether (sulfide) groups is 1. The van der Waals surface area contributed by atoms with E-state index < -0.39 is 0 Å². The monoisotopic (exact) mass is 352 g/mol. The number of hydrogen-bond acceptors (Lipinski definition) is 4. The number of ether oxygens (including phenoxy) is 1. The number of hydrogen-bond donors (Lipinski definition) is 1. The van der Waals surface area contributed by atoms with Crippen LogP contribution in [0.4, 0.5) is 5.69 Å². The molecule has 104 valence electrons. The number of amides is 1.